The van der Waals surface area contributed by atoms with Gasteiger partial charge in [-0.05, 0) is 28.8 Å². The third kappa shape index (κ3) is 2.92. The third-order valence-corrected chi connectivity index (χ3v) is 3.94. The van der Waals surface area contributed by atoms with Crippen LogP contribution in [0, 0.1) is 11.3 Å². The summed E-state index contributed by atoms with van der Waals surface area (Å²) in [7, 11) is 1.67. The Hall–Kier alpha value is -3.33. The highest BCUT2D eigenvalue weighted by Gasteiger charge is 2.09. The van der Waals surface area contributed by atoms with Crippen LogP contribution in [0.3, 0.4) is 0 Å². The second kappa shape index (κ2) is 6.42. The minimum Gasteiger partial charge on any atom is -0.408 e. The quantitative estimate of drug-likeness (QED) is 0.728. The number of amides is 1. The average molecular weight is 321 g/mol. The molecule has 1 aromatic heterocycles. The fourth-order valence-corrected chi connectivity index (χ4v) is 2.60. The number of aryl methyl sites for hydroxylation is 1. The van der Waals surface area contributed by atoms with Crippen molar-refractivity contribution in [3.05, 3.63) is 58.6 Å². The molecule has 0 spiro atoms. The van der Waals surface area contributed by atoms with E-state index in [2.05, 4.69) is 5.32 Å². The van der Waals surface area contributed by atoms with Crippen LogP contribution in [0.25, 0.3) is 22.2 Å². The highest BCUT2D eigenvalue weighted by atomic mass is 16.4. The number of hydrogen-bond donors (Lipinski definition) is 1. The van der Waals surface area contributed by atoms with Crippen LogP contribution in [0.1, 0.15) is 5.56 Å². The molecule has 0 aliphatic rings. The van der Waals surface area contributed by atoms with E-state index in [-0.39, 0.29) is 5.76 Å². The molecule has 6 nitrogen and oxygen atoms in total. The van der Waals surface area contributed by atoms with Crippen LogP contribution in [-0.2, 0) is 18.3 Å². The number of fused-ring (bicyclic) bond motifs is 1. The number of nitrogens with one attached hydrogen (secondary N) is 1. The molecule has 3 aromatic rings. The van der Waals surface area contributed by atoms with Crippen LogP contribution in [-0.4, -0.2) is 17.0 Å². The molecule has 3 rings (SSSR count). The van der Waals surface area contributed by atoms with Gasteiger partial charge in [-0.25, -0.2) is 4.79 Å². The molecular formula is C18H15N3O3. The van der Waals surface area contributed by atoms with Gasteiger partial charge in [-0.15, -0.1) is 0 Å². The van der Waals surface area contributed by atoms with Gasteiger partial charge in [-0.3, -0.25) is 9.36 Å². The smallest absolute Gasteiger partial charge is 0.408 e. The van der Waals surface area contributed by atoms with Gasteiger partial charge in [0.25, 0.3) is 0 Å². The molecule has 2 aromatic carbocycles. The lowest BCUT2D eigenvalue weighted by molar-refractivity contribution is -0.109. The second-order valence-corrected chi connectivity index (χ2v) is 5.48. The normalized spacial score (nSPS) is 11.8. The lowest BCUT2D eigenvalue weighted by Crippen LogP contribution is -2.28. The van der Waals surface area contributed by atoms with E-state index in [1.54, 1.807) is 13.1 Å². The van der Waals surface area contributed by atoms with E-state index in [1.165, 1.54) is 4.57 Å². The van der Waals surface area contributed by atoms with E-state index < -0.39 is 6.04 Å². The van der Waals surface area contributed by atoms with Crippen molar-refractivity contribution in [2.75, 3.05) is 0 Å². The van der Waals surface area contributed by atoms with Crippen molar-refractivity contribution in [2.45, 2.75) is 12.5 Å². The van der Waals surface area contributed by atoms with Gasteiger partial charge >= 0.3 is 5.76 Å². The zero-order valence-electron chi connectivity index (χ0n) is 13.0. The van der Waals surface area contributed by atoms with Gasteiger partial charge in [0.05, 0.1) is 11.6 Å². The van der Waals surface area contributed by atoms with Crippen molar-refractivity contribution in [3.8, 4) is 17.2 Å². The largest absolute Gasteiger partial charge is 0.419 e. The number of oxazole rings is 1. The maximum absolute atomic E-state index is 11.6. The molecule has 0 saturated carbocycles. The molecule has 6 heteroatoms. The molecule has 1 unspecified atom stereocenters. The van der Waals surface area contributed by atoms with Gasteiger partial charge in [-0.2, -0.15) is 5.26 Å². The lowest BCUT2D eigenvalue weighted by Gasteiger charge is -2.08. The first-order chi connectivity index (χ1) is 11.6. The fraction of sp³-hybridized carbons (Fsp3) is 0.167. The lowest BCUT2D eigenvalue weighted by atomic mass is 10.0. The number of carbonyl (C=O) groups excluding carboxylic acids is 1. The van der Waals surface area contributed by atoms with Crippen molar-refractivity contribution in [1.82, 2.24) is 9.88 Å². The molecule has 0 aliphatic heterocycles. The Morgan fingerprint density at radius 3 is 2.62 bits per heavy atom. The van der Waals surface area contributed by atoms with E-state index in [4.69, 9.17) is 9.68 Å². The summed E-state index contributed by atoms with van der Waals surface area (Å²) < 4.78 is 6.60. The molecule has 0 radical (unpaired) electrons. The first-order valence-electron chi connectivity index (χ1n) is 7.40. The highest BCUT2D eigenvalue weighted by Crippen LogP contribution is 2.24. The number of nitrogens with zero attached hydrogens (tertiary/aromatic N) is 2. The topological polar surface area (TPSA) is 88.0 Å². The number of benzene rings is 2. The van der Waals surface area contributed by atoms with Crippen LogP contribution in [0.2, 0.25) is 0 Å². The standard InChI is InChI=1S/C18H15N3O3/c1-21-16-9-14(6-7-17(16)24-18(21)23)13-4-2-12(3-5-13)8-15(10-19)20-11-22/h2-7,9,11,15H,8H2,1H3,(H,20,22). The third-order valence-electron chi connectivity index (χ3n) is 3.94. The highest BCUT2D eigenvalue weighted by molar-refractivity contribution is 5.80. The van der Waals surface area contributed by atoms with Crippen molar-refractivity contribution < 1.29 is 9.21 Å². The van der Waals surface area contributed by atoms with Crippen LogP contribution in [0.15, 0.2) is 51.7 Å². The predicted molar refractivity (Wildman–Crippen MR) is 89.2 cm³/mol. The summed E-state index contributed by atoms with van der Waals surface area (Å²) in [6.45, 7) is 0. The van der Waals surface area contributed by atoms with Crippen molar-refractivity contribution >= 4 is 17.5 Å². The Labute approximate surface area is 137 Å². The monoisotopic (exact) mass is 321 g/mol. The zero-order chi connectivity index (χ0) is 17.1. The van der Waals surface area contributed by atoms with Crippen LogP contribution < -0.4 is 11.1 Å². The van der Waals surface area contributed by atoms with Gasteiger partial charge in [0.1, 0.15) is 6.04 Å². The van der Waals surface area contributed by atoms with E-state index in [0.717, 1.165) is 22.2 Å². The summed E-state index contributed by atoms with van der Waals surface area (Å²) in [5, 5.41) is 11.4. The molecular weight excluding hydrogens is 306 g/mol. The minimum atomic E-state index is -0.537. The molecule has 1 amide bonds. The number of carbonyl (C=O) groups is 1. The van der Waals surface area contributed by atoms with Crippen molar-refractivity contribution in [3.63, 3.8) is 0 Å². The van der Waals surface area contributed by atoms with E-state index in [0.29, 0.717) is 18.4 Å². The molecule has 1 heterocycles. The van der Waals surface area contributed by atoms with Crippen molar-refractivity contribution in [2.24, 2.45) is 7.05 Å². The van der Waals surface area contributed by atoms with Crippen LogP contribution >= 0.6 is 0 Å². The Morgan fingerprint density at radius 2 is 1.96 bits per heavy atom. The Morgan fingerprint density at radius 1 is 1.25 bits per heavy atom. The molecule has 0 saturated heterocycles. The summed E-state index contributed by atoms with van der Waals surface area (Å²) >= 11 is 0. The van der Waals surface area contributed by atoms with Crippen molar-refractivity contribution in [1.29, 1.82) is 5.26 Å². The molecule has 24 heavy (non-hydrogen) atoms. The molecule has 0 aliphatic carbocycles. The summed E-state index contributed by atoms with van der Waals surface area (Å²) in [4.78, 5) is 22.0. The number of hydrogen-bond acceptors (Lipinski definition) is 4. The molecule has 1 N–H and O–H groups in total. The maximum atomic E-state index is 11.6. The number of nitriles is 1. The Kier molecular flexibility index (Phi) is 4.17. The molecule has 1 atom stereocenters. The predicted octanol–water partition coefficient (Wildman–Crippen LogP) is 1.98. The van der Waals surface area contributed by atoms with Gasteiger partial charge < -0.3 is 9.73 Å². The summed E-state index contributed by atoms with van der Waals surface area (Å²) in [6, 6.07) is 14.8. The SMILES string of the molecule is Cn1c(=O)oc2ccc(-c3ccc(CC(C#N)NC=O)cc3)cc21. The number of rotatable bonds is 5. The fourth-order valence-electron chi connectivity index (χ4n) is 2.60. The van der Waals surface area contributed by atoms with Crippen LogP contribution in [0.5, 0.6) is 0 Å². The van der Waals surface area contributed by atoms with Gasteiger partial charge in [0.2, 0.25) is 6.41 Å². The number of aromatic nitrogens is 1. The molecule has 0 fully saturated rings. The van der Waals surface area contributed by atoms with Crippen LogP contribution in [0.4, 0.5) is 0 Å². The average Bonchev–Trinajstić information content (AvgIpc) is 2.89. The van der Waals surface area contributed by atoms with Gasteiger partial charge in [-0.1, -0.05) is 30.3 Å². The maximum Gasteiger partial charge on any atom is 0.419 e. The van der Waals surface area contributed by atoms with E-state index in [1.807, 2.05) is 42.5 Å². The Bertz CT molecular complexity index is 977. The van der Waals surface area contributed by atoms with Gasteiger partial charge in [0, 0.05) is 13.5 Å². The molecule has 0 bridgehead atoms. The summed E-state index contributed by atoms with van der Waals surface area (Å²) in [5.41, 5.74) is 4.21. The zero-order valence-corrected chi connectivity index (χ0v) is 13.0. The van der Waals surface area contributed by atoms with E-state index in [9.17, 15) is 9.59 Å². The minimum absolute atomic E-state index is 0.386. The Balaban J connectivity index is 1.88. The molecule has 120 valence electrons. The summed E-state index contributed by atoms with van der Waals surface area (Å²) in [5.74, 6) is -0.386. The van der Waals surface area contributed by atoms with E-state index >= 15 is 0 Å². The first-order valence-corrected chi connectivity index (χ1v) is 7.40. The second-order valence-electron chi connectivity index (χ2n) is 5.48. The summed E-state index contributed by atoms with van der Waals surface area (Å²) in [6.07, 6.45) is 0.984. The van der Waals surface area contributed by atoms with Gasteiger partial charge in [0.15, 0.2) is 5.58 Å². The first kappa shape index (κ1) is 15.6.